The average molecular weight is 328 g/mol. The molecule has 0 bridgehead atoms. The number of carbonyl (C=O) groups excluding carboxylic acids is 1. The Morgan fingerprint density at radius 3 is 2.79 bits per heavy atom. The molecule has 1 atom stereocenters. The SMILES string of the molecule is CCOC(=O)c1cc(N)n(C2CCCCN2c2ccc(C)cc2)n1. The number of nitrogen functional groups attached to an aromatic ring is 1. The average Bonchev–Trinajstić information content (AvgIpc) is 2.98. The predicted octanol–water partition coefficient (Wildman–Crippen LogP) is 3.14. The molecule has 3 rings (SSSR count). The number of aryl methyl sites for hydroxylation is 1. The van der Waals surface area contributed by atoms with Gasteiger partial charge in [0.2, 0.25) is 0 Å². The largest absolute Gasteiger partial charge is 0.461 e. The minimum Gasteiger partial charge on any atom is -0.461 e. The van der Waals surface area contributed by atoms with Crippen LogP contribution in [0.25, 0.3) is 0 Å². The van der Waals surface area contributed by atoms with Gasteiger partial charge in [0, 0.05) is 18.3 Å². The summed E-state index contributed by atoms with van der Waals surface area (Å²) in [5.41, 5.74) is 8.79. The monoisotopic (exact) mass is 328 g/mol. The van der Waals surface area contributed by atoms with Crippen molar-refractivity contribution in [2.75, 3.05) is 23.8 Å². The summed E-state index contributed by atoms with van der Waals surface area (Å²) in [4.78, 5) is 14.2. The van der Waals surface area contributed by atoms with Crippen LogP contribution in [0.5, 0.6) is 0 Å². The highest BCUT2D eigenvalue weighted by Crippen LogP contribution is 2.32. The summed E-state index contributed by atoms with van der Waals surface area (Å²) in [5, 5.41) is 4.42. The van der Waals surface area contributed by atoms with Crippen LogP contribution in [0.2, 0.25) is 0 Å². The van der Waals surface area contributed by atoms with Gasteiger partial charge in [-0.2, -0.15) is 5.10 Å². The van der Waals surface area contributed by atoms with Crippen LogP contribution in [-0.2, 0) is 4.74 Å². The zero-order chi connectivity index (χ0) is 17.1. The van der Waals surface area contributed by atoms with Crippen LogP contribution in [-0.4, -0.2) is 28.9 Å². The van der Waals surface area contributed by atoms with E-state index in [9.17, 15) is 4.79 Å². The lowest BCUT2D eigenvalue weighted by Gasteiger charge is -2.38. The fraction of sp³-hybridized carbons (Fsp3) is 0.444. The summed E-state index contributed by atoms with van der Waals surface area (Å²) in [5.74, 6) is 0.0581. The first-order valence-electron chi connectivity index (χ1n) is 8.45. The van der Waals surface area contributed by atoms with E-state index in [0.717, 1.165) is 31.5 Å². The number of benzene rings is 1. The van der Waals surface area contributed by atoms with Crippen molar-refractivity contribution in [3.63, 3.8) is 0 Å². The lowest BCUT2D eigenvalue weighted by atomic mass is 10.1. The van der Waals surface area contributed by atoms with Gasteiger partial charge in [-0.3, -0.25) is 0 Å². The maximum Gasteiger partial charge on any atom is 0.358 e. The van der Waals surface area contributed by atoms with Crippen LogP contribution in [0.3, 0.4) is 0 Å². The number of aromatic nitrogens is 2. The molecule has 1 unspecified atom stereocenters. The lowest BCUT2D eigenvalue weighted by molar-refractivity contribution is 0.0518. The molecular formula is C18H24N4O2. The fourth-order valence-corrected chi connectivity index (χ4v) is 3.16. The molecule has 2 heterocycles. The van der Waals surface area contributed by atoms with E-state index in [0.29, 0.717) is 12.4 Å². The molecule has 1 aliphatic rings. The molecule has 6 nitrogen and oxygen atoms in total. The Labute approximate surface area is 142 Å². The Morgan fingerprint density at radius 2 is 2.08 bits per heavy atom. The van der Waals surface area contributed by atoms with Crippen LogP contribution in [0, 0.1) is 6.92 Å². The molecule has 128 valence electrons. The van der Waals surface area contributed by atoms with Crippen LogP contribution >= 0.6 is 0 Å². The molecule has 2 aromatic rings. The summed E-state index contributed by atoms with van der Waals surface area (Å²) >= 11 is 0. The Balaban J connectivity index is 1.90. The van der Waals surface area contributed by atoms with Crippen LogP contribution in [0.15, 0.2) is 30.3 Å². The van der Waals surface area contributed by atoms with Crippen molar-refractivity contribution in [1.82, 2.24) is 9.78 Å². The molecule has 0 spiro atoms. The van der Waals surface area contributed by atoms with Gasteiger partial charge >= 0.3 is 5.97 Å². The van der Waals surface area contributed by atoms with Crippen LogP contribution in [0.4, 0.5) is 11.5 Å². The minimum atomic E-state index is -0.430. The molecule has 0 radical (unpaired) electrons. The van der Waals surface area contributed by atoms with Gasteiger partial charge in [-0.15, -0.1) is 0 Å². The molecule has 1 fully saturated rings. The van der Waals surface area contributed by atoms with Gasteiger partial charge in [0.05, 0.1) is 6.61 Å². The van der Waals surface area contributed by atoms with Gasteiger partial charge in [0.15, 0.2) is 5.69 Å². The molecular weight excluding hydrogens is 304 g/mol. The number of nitrogens with zero attached hydrogens (tertiary/aromatic N) is 3. The third-order valence-electron chi connectivity index (χ3n) is 4.37. The zero-order valence-electron chi connectivity index (χ0n) is 14.2. The third kappa shape index (κ3) is 3.22. The maximum absolute atomic E-state index is 11.9. The molecule has 6 heteroatoms. The molecule has 1 aromatic heterocycles. The Kier molecular flexibility index (Phi) is 4.74. The molecule has 0 amide bonds. The second kappa shape index (κ2) is 6.95. The Hall–Kier alpha value is -2.50. The number of piperidine rings is 1. The van der Waals surface area contributed by atoms with Gasteiger partial charge in [-0.05, 0) is 45.2 Å². The number of hydrogen-bond acceptors (Lipinski definition) is 5. The number of ether oxygens (including phenoxy) is 1. The second-order valence-corrected chi connectivity index (χ2v) is 6.12. The fourth-order valence-electron chi connectivity index (χ4n) is 3.16. The smallest absolute Gasteiger partial charge is 0.358 e. The van der Waals surface area contributed by atoms with E-state index < -0.39 is 5.97 Å². The van der Waals surface area contributed by atoms with E-state index in [1.165, 1.54) is 5.56 Å². The zero-order valence-corrected chi connectivity index (χ0v) is 14.2. The van der Waals surface area contributed by atoms with Gasteiger partial charge in [-0.1, -0.05) is 17.7 Å². The standard InChI is InChI=1S/C18H24N4O2/c1-3-24-18(23)15-12-16(19)22(20-15)17-6-4-5-11-21(17)14-9-7-13(2)8-10-14/h7-10,12,17H,3-6,11,19H2,1-2H3. The summed E-state index contributed by atoms with van der Waals surface area (Å²) in [6, 6.07) is 10.1. The number of hydrogen-bond donors (Lipinski definition) is 1. The summed E-state index contributed by atoms with van der Waals surface area (Å²) in [6.07, 6.45) is 3.21. The van der Waals surface area contributed by atoms with E-state index in [1.807, 2.05) is 0 Å². The summed E-state index contributed by atoms with van der Waals surface area (Å²) < 4.78 is 6.78. The van der Waals surface area contributed by atoms with Crippen LogP contribution in [0.1, 0.15) is 48.4 Å². The highest BCUT2D eigenvalue weighted by atomic mass is 16.5. The number of nitrogens with two attached hydrogens (primary N) is 1. The first-order valence-corrected chi connectivity index (χ1v) is 8.45. The summed E-state index contributed by atoms with van der Waals surface area (Å²) in [6.45, 7) is 5.12. The number of rotatable bonds is 4. The summed E-state index contributed by atoms with van der Waals surface area (Å²) in [7, 11) is 0. The first-order chi connectivity index (χ1) is 11.6. The predicted molar refractivity (Wildman–Crippen MR) is 94.0 cm³/mol. The molecule has 0 aliphatic carbocycles. The van der Waals surface area contributed by atoms with Crippen molar-refractivity contribution in [2.45, 2.75) is 39.3 Å². The maximum atomic E-state index is 11.9. The quantitative estimate of drug-likeness (QED) is 0.873. The molecule has 2 N–H and O–H groups in total. The Bertz CT molecular complexity index is 708. The van der Waals surface area contributed by atoms with Gasteiger partial charge in [0.1, 0.15) is 12.0 Å². The van der Waals surface area contributed by atoms with Crippen molar-refractivity contribution < 1.29 is 9.53 Å². The lowest BCUT2D eigenvalue weighted by Crippen LogP contribution is -2.38. The topological polar surface area (TPSA) is 73.4 Å². The molecule has 0 saturated carbocycles. The molecule has 1 aromatic carbocycles. The van der Waals surface area contributed by atoms with Crippen molar-refractivity contribution >= 4 is 17.5 Å². The van der Waals surface area contributed by atoms with E-state index in [2.05, 4.69) is 41.2 Å². The highest BCUT2D eigenvalue weighted by molar-refractivity contribution is 5.88. The van der Waals surface area contributed by atoms with Gasteiger partial charge < -0.3 is 15.4 Å². The van der Waals surface area contributed by atoms with Crippen LogP contribution < -0.4 is 10.6 Å². The van der Waals surface area contributed by atoms with Crippen molar-refractivity contribution in [2.24, 2.45) is 0 Å². The van der Waals surface area contributed by atoms with Crippen molar-refractivity contribution in [3.05, 3.63) is 41.6 Å². The highest BCUT2D eigenvalue weighted by Gasteiger charge is 2.27. The van der Waals surface area contributed by atoms with Gasteiger partial charge in [0.25, 0.3) is 0 Å². The molecule has 1 saturated heterocycles. The third-order valence-corrected chi connectivity index (χ3v) is 4.37. The van der Waals surface area contributed by atoms with Crippen molar-refractivity contribution in [3.8, 4) is 0 Å². The van der Waals surface area contributed by atoms with Gasteiger partial charge in [-0.25, -0.2) is 9.48 Å². The molecule has 24 heavy (non-hydrogen) atoms. The van der Waals surface area contributed by atoms with E-state index >= 15 is 0 Å². The van der Waals surface area contributed by atoms with E-state index in [1.54, 1.807) is 17.7 Å². The van der Waals surface area contributed by atoms with E-state index in [-0.39, 0.29) is 11.9 Å². The van der Waals surface area contributed by atoms with E-state index in [4.69, 9.17) is 10.5 Å². The minimum absolute atomic E-state index is 0.0182. The normalized spacial score (nSPS) is 17.8. The second-order valence-electron chi connectivity index (χ2n) is 6.12. The number of anilines is 2. The Morgan fingerprint density at radius 1 is 1.33 bits per heavy atom. The molecule has 1 aliphatic heterocycles. The number of esters is 1. The first kappa shape index (κ1) is 16.4. The number of carbonyl (C=O) groups is 1. The van der Waals surface area contributed by atoms with Crippen molar-refractivity contribution in [1.29, 1.82) is 0 Å².